The average molecular weight is 276 g/mol. The van der Waals surface area contributed by atoms with Crippen molar-refractivity contribution >= 4 is 5.96 Å². The smallest absolute Gasteiger partial charge is 0.192 e. The van der Waals surface area contributed by atoms with Crippen LogP contribution in [-0.2, 0) is 5.54 Å². The topological polar surface area (TPSA) is 54.1 Å². The van der Waals surface area contributed by atoms with Crippen LogP contribution in [0.4, 0.5) is 0 Å². The lowest BCUT2D eigenvalue weighted by Gasteiger charge is -2.37. The van der Waals surface area contributed by atoms with Crippen LogP contribution in [-0.4, -0.2) is 56.6 Å². The molecule has 0 bridgehead atoms. The van der Waals surface area contributed by atoms with Gasteiger partial charge in [-0.1, -0.05) is 12.1 Å². The van der Waals surface area contributed by atoms with Crippen LogP contribution >= 0.6 is 0 Å². The Balaban J connectivity index is 2.27. The first-order chi connectivity index (χ1) is 9.47. The highest BCUT2D eigenvalue weighted by molar-refractivity contribution is 5.81. The number of benzene rings is 1. The zero-order valence-corrected chi connectivity index (χ0v) is 12.8. The van der Waals surface area contributed by atoms with Crippen molar-refractivity contribution < 1.29 is 4.74 Å². The van der Waals surface area contributed by atoms with Crippen LogP contribution in [0.5, 0.6) is 5.75 Å². The van der Waals surface area contributed by atoms with E-state index in [9.17, 15) is 0 Å². The molecule has 0 aromatic heterocycles. The van der Waals surface area contributed by atoms with Crippen molar-refractivity contribution in [2.24, 2.45) is 10.7 Å². The molecule has 2 N–H and O–H groups in total. The molecule has 5 nitrogen and oxygen atoms in total. The molecule has 1 aromatic carbocycles. The summed E-state index contributed by atoms with van der Waals surface area (Å²) in [5.74, 6) is 1.49. The molecular weight excluding hydrogens is 252 g/mol. The Morgan fingerprint density at radius 3 is 2.85 bits per heavy atom. The number of hydrogen-bond donors (Lipinski definition) is 1. The van der Waals surface area contributed by atoms with Crippen molar-refractivity contribution in [3.8, 4) is 5.75 Å². The van der Waals surface area contributed by atoms with E-state index < -0.39 is 0 Å². The van der Waals surface area contributed by atoms with Gasteiger partial charge in [-0.25, -0.2) is 0 Å². The molecule has 20 heavy (non-hydrogen) atoms. The molecule has 0 saturated heterocycles. The lowest BCUT2D eigenvalue weighted by Crippen LogP contribution is -2.49. The standard InChI is InChI=1S/C15H24N4O/c1-15(12-6-5-7-13(10-12)20-4)11-17-14(16)19(15)9-8-18(2)3/h5-7,10H,8-9,11H2,1-4H3,(H2,16,17). The summed E-state index contributed by atoms with van der Waals surface area (Å²) in [5, 5.41) is 0. The predicted molar refractivity (Wildman–Crippen MR) is 82.1 cm³/mol. The normalized spacial score (nSPS) is 22.2. The van der Waals surface area contributed by atoms with E-state index in [2.05, 4.69) is 47.9 Å². The van der Waals surface area contributed by atoms with Crippen LogP contribution in [0.15, 0.2) is 29.3 Å². The molecule has 0 aliphatic carbocycles. The van der Waals surface area contributed by atoms with E-state index in [4.69, 9.17) is 10.5 Å². The van der Waals surface area contributed by atoms with Gasteiger partial charge in [0, 0.05) is 13.1 Å². The summed E-state index contributed by atoms with van der Waals surface area (Å²) in [4.78, 5) is 8.77. The third-order valence-electron chi connectivity index (χ3n) is 3.88. The molecule has 0 radical (unpaired) electrons. The maximum atomic E-state index is 6.07. The van der Waals surface area contributed by atoms with Gasteiger partial charge in [0.1, 0.15) is 5.75 Å². The van der Waals surface area contributed by atoms with Gasteiger partial charge in [-0.15, -0.1) is 0 Å². The first-order valence-corrected chi connectivity index (χ1v) is 6.84. The summed E-state index contributed by atoms with van der Waals surface area (Å²) in [6.45, 7) is 4.66. The molecule has 0 saturated carbocycles. The number of aliphatic imine (C=N–C) groups is 1. The summed E-state index contributed by atoms with van der Waals surface area (Å²) in [6.07, 6.45) is 0. The predicted octanol–water partition coefficient (Wildman–Crippen LogP) is 1.10. The number of nitrogens with two attached hydrogens (primary N) is 1. The Morgan fingerprint density at radius 2 is 2.20 bits per heavy atom. The lowest BCUT2D eigenvalue weighted by molar-refractivity contribution is 0.204. The fourth-order valence-corrected chi connectivity index (χ4v) is 2.52. The van der Waals surface area contributed by atoms with Crippen LogP contribution in [0.3, 0.4) is 0 Å². The molecule has 1 atom stereocenters. The minimum atomic E-state index is -0.200. The Morgan fingerprint density at radius 1 is 1.45 bits per heavy atom. The second-order valence-electron chi connectivity index (χ2n) is 5.64. The molecule has 1 aromatic rings. The van der Waals surface area contributed by atoms with E-state index in [1.807, 2.05) is 12.1 Å². The van der Waals surface area contributed by atoms with Gasteiger partial charge in [0.15, 0.2) is 5.96 Å². The van der Waals surface area contributed by atoms with E-state index in [0.717, 1.165) is 18.8 Å². The molecule has 1 heterocycles. The summed E-state index contributed by atoms with van der Waals surface area (Å²) < 4.78 is 5.32. The van der Waals surface area contributed by atoms with Gasteiger partial charge >= 0.3 is 0 Å². The summed E-state index contributed by atoms with van der Waals surface area (Å²) in [6, 6.07) is 8.14. The van der Waals surface area contributed by atoms with Crippen molar-refractivity contribution in [1.82, 2.24) is 9.80 Å². The molecule has 1 unspecified atom stereocenters. The number of hydrogen-bond acceptors (Lipinski definition) is 5. The van der Waals surface area contributed by atoms with Gasteiger partial charge in [-0.2, -0.15) is 0 Å². The minimum absolute atomic E-state index is 0.200. The zero-order valence-electron chi connectivity index (χ0n) is 12.8. The minimum Gasteiger partial charge on any atom is -0.497 e. The summed E-state index contributed by atoms with van der Waals surface area (Å²) in [5.41, 5.74) is 7.06. The molecular formula is C15H24N4O. The Labute approximate surface area is 121 Å². The van der Waals surface area contributed by atoms with Gasteiger partial charge in [0.2, 0.25) is 0 Å². The van der Waals surface area contributed by atoms with Crippen LogP contribution in [0, 0.1) is 0 Å². The van der Waals surface area contributed by atoms with Crippen LogP contribution in [0.25, 0.3) is 0 Å². The van der Waals surface area contributed by atoms with E-state index in [1.165, 1.54) is 5.56 Å². The molecule has 2 rings (SSSR count). The number of likely N-dealkylation sites (N-methyl/N-ethyl adjacent to an activating group) is 1. The molecule has 1 aliphatic heterocycles. The van der Waals surface area contributed by atoms with Gasteiger partial charge in [0.25, 0.3) is 0 Å². The van der Waals surface area contributed by atoms with Crippen molar-refractivity contribution in [1.29, 1.82) is 0 Å². The second kappa shape index (κ2) is 5.71. The quantitative estimate of drug-likeness (QED) is 0.875. The average Bonchev–Trinajstić information content (AvgIpc) is 2.73. The molecule has 0 amide bonds. The third kappa shape index (κ3) is 2.72. The summed E-state index contributed by atoms with van der Waals surface area (Å²) in [7, 11) is 5.81. The molecule has 5 heteroatoms. The lowest BCUT2D eigenvalue weighted by atomic mass is 9.91. The van der Waals surface area contributed by atoms with Gasteiger partial charge in [-0.05, 0) is 38.7 Å². The largest absolute Gasteiger partial charge is 0.497 e. The monoisotopic (exact) mass is 276 g/mol. The van der Waals surface area contributed by atoms with Crippen LogP contribution in [0.2, 0.25) is 0 Å². The maximum absolute atomic E-state index is 6.07. The maximum Gasteiger partial charge on any atom is 0.192 e. The number of guanidine groups is 1. The SMILES string of the molecule is COc1cccc(C2(C)CN=C(N)N2CCN(C)C)c1. The van der Waals surface area contributed by atoms with E-state index in [0.29, 0.717) is 12.5 Å². The molecule has 110 valence electrons. The number of methoxy groups -OCH3 is 1. The highest BCUT2D eigenvalue weighted by Crippen LogP contribution is 2.33. The highest BCUT2D eigenvalue weighted by atomic mass is 16.5. The Kier molecular flexibility index (Phi) is 4.18. The first kappa shape index (κ1) is 14.7. The Hall–Kier alpha value is -1.75. The van der Waals surface area contributed by atoms with Crippen molar-refractivity contribution in [3.63, 3.8) is 0 Å². The fourth-order valence-electron chi connectivity index (χ4n) is 2.52. The van der Waals surface area contributed by atoms with E-state index in [-0.39, 0.29) is 5.54 Å². The van der Waals surface area contributed by atoms with Crippen LogP contribution in [0.1, 0.15) is 12.5 Å². The van der Waals surface area contributed by atoms with Gasteiger partial charge in [-0.3, -0.25) is 4.99 Å². The van der Waals surface area contributed by atoms with E-state index >= 15 is 0 Å². The molecule has 1 aliphatic rings. The van der Waals surface area contributed by atoms with Crippen LogP contribution < -0.4 is 10.5 Å². The zero-order chi connectivity index (χ0) is 14.8. The number of nitrogens with zero attached hydrogens (tertiary/aromatic N) is 3. The third-order valence-corrected chi connectivity index (χ3v) is 3.88. The number of ether oxygens (including phenoxy) is 1. The van der Waals surface area contributed by atoms with E-state index in [1.54, 1.807) is 7.11 Å². The highest BCUT2D eigenvalue weighted by Gasteiger charge is 2.39. The first-order valence-electron chi connectivity index (χ1n) is 6.84. The molecule has 0 spiro atoms. The van der Waals surface area contributed by atoms with Crippen molar-refractivity contribution in [3.05, 3.63) is 29.8 Å². The number of rotatable bonds is 5. The second-order valence-corrected chi connectivity index (χ2v) is 5.64. The fraction of sp³-hybridized carbons (Fsp3) is 0.533. The van der Waals surface area contributed by atoms with Crippen molar-refractivity contribution in [2.75, 3.05) is 40.8 Å². The Bertz CT molecular complexity index is 500. The van der Waals surface area contributed by atoms with Crippen molar-refractivity contribution in [2.45, 2.75) is 12.5 Å². The molecule has 0 fully saturated rings. The van der Waals surface area contributed by atoms with Gasteiger partial charge < -0.3 is 20.3 Å². The summed E-state index contributed by atoms with van der Waals surface area (Å²) >= 11 is 0. The van der Waals surface area contributed by atoms with Gasteiger partial charge in [0.05, 0.1) is 19.2 Å².